The van der Waals surface area contributed by atoms with Gasteiger partial charge in [-0.2, -0.15) is 0 Å². The Bertz CT molecular complexity index is 195. The Morgan fingerprint density at radius 3 is 2.09 bits per heavy atom. The summed E-state index contributed by atoms with van der Waals surface area (Å²) in [5.41, 5.74) is 0. The van der Waals surface area contributed by atoms with Gasteiger partial charge >= 0.3 is 0 Å². The van der Waals surface area contributed by atoms with Gasteiger partial charge in [-0.1, -0.05) is 24.3 Å². The first kappa shape index (κ1) is 6.84. The molecule has 0 aromatic heterocycles. The molecule has 0 saturated heterocycles. The standard InChI is InChI=1S/C10H12O/c11-7-10-8-5-3-1-2-4-6-9(8)10/h1-4,7-10H,5-6H2. The average Bonchev–Trinajstić information content (AvgIpc) is 2.60. The van der Waals surface area contributed by atoms with E-state index in [-0.39, 0.29) is 0 Å². The van der Waals surface area contributed by atoms with Crippen LogP contribution in [-0.4, -0.2) is 6.29 Å². The van der Waals surface area contributed by atoms with Crippen molar-refractivity contribution < 1.29 is 4.79 Å². The minimum Gasteiger partial charge on any atom is -0.303 e. The predicted octanol–water partition coefficient (Wildman–Crippen LogP) is 1.95. The molecule has 0 aliphatic heterocycles. The number of carbonyl (C=O) groups is 1. The van der Waals surface area contributed by atoms with Gasteiger partial charge in [0.25, 0.3) is 0 Å². The largest absolute Gasteiger partial charge is 0.303 e. The second-order valence-corrected chi connectivity index (χ2v) is 3.37. The molecule has 2 aliphatic rings. The highest BCUT2D eigenvalue weighted by atomic mass is 16.1. The third-order valence-corrected chi connectivity index (χ3v) is 2.75. The normalized spacial score (nSPS) is 40.5. The number of aldehydes is 1. The summed E-state index contributed by atoms with van der Waals surface area (Å²) in [7, 11) is 0. The maximum atomic E-state index is 10.5. The maximum Gasteiger partial charge on any atom is 0.123 e. The van der Waals surface area contributed by atoms with E-state index < -0.39 is 0 Å². The van der Waals surface area contributed by atoms with Crippen molar-refractivity contribution in [2.45, 2.75) is 12.8 Å². The van der Waals surface area contributed by atoms with Crippen LogP contribution in [0.15, 0.2) is 24.3 Å². The quantitative estimate of drug-likeness (QED) is 0.519. The smallest absolute Gasteiger partial charge is 0.123 e. The Labute approximate surface area is 66.8 Å². The molecule has 11 heavy (non-hydrogen) atoms. The average molecular weight is 148 g/mol. The van der Waals surface area contributed by atoms with Gasteiger partial charge in [0.1, 0.15) is 6.29 Å². The summed E-state index contributed by atoms with van der Waals surface area (Å²) in [5.74, 6) is 1.68. The van der Waals surface area contributed by atoms with Crippen LogP contribution in [0.2, 0.25) is 0 Å². The summed E-state index contributed by atoms with van der Waals surface area (Å²) in [6.07, 6.45) is 11.8. The summed E-state index contributed by atoms with van der Waals surface area (Å²) in [6, 6.07) is 0. The lowest BCUT2D eigenvalue weighted by Gasteiger charge is -1.93. The van der Waals surface area contributed by atoms with E-state index in [0.717, 1.165) is 19.1 Å². The first-order valence-electron chi connectivity index (χ1n) is 4.20. The fourth-order valence-electron chi connectivity index (χ4n) is 1.97. The van der Waals surface area contributed by atoms with Crippen molar-refractivity contribution >= 4 is 6.29 Å². The zero-order chi connectivity index (χ0) is 7.68. The van der Waals surface area contributed by atoms with Crippen LogP contribution in [0, 0.1) is 17.8 Å². The molecule has 1 fully saturated rings. The number of allylic oxidation sites excluding steroid dienone is 4. The second kappa shape index (κ2) is 2.65. The van der Waals surface area contributed by atoms with E-state index in [4.69, 9.17) is 0 Å². The highest BCUT2D eigenvalue weighted by Crippen LogP contribution is 2.50. The lowest BCUT2D eigenvalue weighted by Crippen LogP contribution is -1.80. The van der Waals surface area contributed by atoms with E-state index in [1.807, 2.05) is 0 Å². The Morgan fingerprint density at radius 2 is 1.64 bits per heavy atom. The van der Waals surface area contributed by atoms with Gasteiger partial charge in [0.15, 0.2) is 0 Å². The van der Waals surface area contributed by atoms with Crippen LogP contribution in [0.5, 0.6) is 0 Å². The molecule has 0 N–H and O–H groups in total. The van der Waals surface area contributed by atoms with Gasteiger partial charge in [-0.3, -0.25) is 0 Å². The summed E-state index contributed by atoms with van der Waals surface area (Å²) < 4.78 is 0. The summed E-state index contributed by atoms with van der Waals surface area (Å²) >= 11 is 0. The molecule has 0 heterocycles. The third-order valence-electron chi connectivity index (χ3n) is 2.75. The first-order valence-corrected chi connectivity index (χ1v) is 4.20. The van der Waals surface area contributed by atoms with Crippen molar-refractivity contribution in [3.8, 4) is 0 Å². The Morgan fingerprint density at radius 1 is 1.09 bits per heavy atom. The molecule has 1 heteroatoms. The minimum atomic E-state index is 0.363. The van der Waals surface area contributed by atoms with Gasteiger partial charge in [-0.15, -0.1) is 0 Å². The molecule has 0 spiro atoms. The van der Waals surface area contributed by atoms with E-state index in [2.05, 4.69) is 24.3 Å². The van der Waals surface area contributed by atoms with Gasteiger partial charge in [-0.25, -0.2) is 0 Å². The van der Waals surface area contributed by atoms with Gasteiger partial charge in [0.2, 0.25) is 0 Å². The molecule has 2 rings (SSSR count). The molecule has 0 amide bonds. The molecule has 58 valence electrons. The van der Waals surface area contributed by atoms with Crippen LogP contribution in [0.1, 0.15) is 12.8 Å². The van der Waals surface area contributed by atoms with E-state index >= 15 is 0 Å². The van der Waals surface area contributed by atoms with Crippen LogP contribution in [-0.2, 0) is 4.79 Å². The Hall–Kier alpha value is -0.850. The number of hydrogen-bond acceptors (Lipinski definition) is 1. The zero-order valence-electron chi connectivity index (χ0n) is 6.44. The molecular weight excluding hydrogens is 136 g/mol. The topological polar surface area (TPSA) is 17.1 Å². The molecule has 2 aliphatic carbocycles. The third kappa shape index (κ3) is 1.15. The first-order chi connectivity index (χ1) is 5.43. The van der Waals surface area contributed by atoms with Crippen molar-refractivity contribution in [2.75, 3.05) is 0 Å². The van der Waals surface area contributed by atoms with Crippen LogP contribution in [0.4, 0.5) is 0 Å². The van der Waals surface area contributed by atoms with Gasteiger partial charge in [0, 0.05) is 5.92 Å². The van der Waals surface area contributed by atoms with Crippen molar-refractivity contribution in [1.82, 2.24) is 0 Å². The van der Waals surface area contributed by atoms with Crippen LogP contribution in [0.25, 0.3) is 0 Å². The van der Waals surface area contributed by atoms with Crippen LogP contribution < -0.4 is 0 Å². The molecule has 0 bridgehead atoms. The number of rotatable bonds is 1. The fourth-order valence-corrected chi connectivity index (χ4v) is 1.97. The van der Waals surface area contributed by atoms with E-state index in [1.54, 1.807) is 0 Å². The Kier molecular flexibility index (Phi) is 1.65. The van der Waals surface area contributed by atoms with E-state index in [9.17, 15) is 4.79 Å². The van der Waals surface area contributed by atoms with E-state index in [0.29, 0.717) is 17.8 Å². The second-order valence-electron chi connectivity index (χ2n) is 3.37. The van der Waals surface area contributed by atoms with E-state index in [1.165, 1.54) is 0 Å². The summed E-state index contributed by atoms with van der Waals surface area (Å²) in [6.45, 7) is 0. The van der Waals surface area contributed by atoms with Gasteiger partial charge < -0.3 is 4.79 Å². The molecule has 1 saturated carbocycles. The van der Waals surface area contributed by atoms with Crippen LogP contribution >= 0.6 is 0 Å². The maximum absolute atomic E-state index is 10.5. The monoisotopic (exact) mass is 148 g/mol. The minimum absolute atomic E-state index is 0.363. The van der Waals surface area contributed by atoms with Gasteiger partial charge in [-0.05, 0) is 24.7 Å². The number of fused-ring (bicyclic) bond motifs is 1. The fraction of sp³-hybridized carbons (Fsp3) is 0.500. The molecule has 0 aromatic rings. The van der Waals surface area contributed by atoms with Crippen molar-refractivity contribution in [3.63, 3.8) is 0 Å². The number of hydrogen-bond donors (Lipinski definition) is 0. The Balaban J connectivity index is 2.05. The molecule has 0 aromatic carbocycles. The lowest BCUT2D eigenvalue weighted by atomic mass is 10.1. The molecule has 1 nitrogen and oxygen atoms in total. The molecular formula is C10H12O. The SMILES string of the molecule is O=CC1C2CC=CC=CCC12. The molecule has 0 radical (unpaired) electrons. The lowest BCUT2D eigenvalue weighted by molar-refractivity contribution is -0.109. The predicted molar refractivity (Wildman–Crippen MR) is 44.0 cm³/mol. The zero-order valence-corrected chi connectivity index (χ0v) is 6.44. The van der Waals surface area contributed by atoms with Crippen molar-refractivity contribution in [1.29, 1.82) is 0 Å². The molecule has 2 unspecified atom stereocenters. The van der Waals surface area contributed by atoms with Crippen molar-refractivity contribution in [2.24, 2.45) is 17.8 Å². The van der Waals surface area contributed by atoms with Gasteiger partial charge in [0.05, 0.1) is 0 Å². The highest BCUT2D eigenvalue weighted by molar-refractivity contribution is 5.59. The van der Waals surface area contributed by atoms with Crippen LogP contribution in [0.3, 0.4) is 0 Å². The van der Waals surface area contributed by atoms with Crippen molar-refractivity contribution in [3.05, 3.63) is 24.3 Å². The highest BCUT2D eigenvalue weighted by Gasteiger charge is 2.47. The molecule has 2 atom stereocenters. The summed E-state index contributed by atoms with van der Waals surface area (Å²) in [4.78, 5) is 10.5. The number of carbonyl (C=O) groups excluding carboxylic acids is 1. The summed E-state index contributed by atoms with van der Waals surface area (Å²) in [5, 5.41) is 0.